The van der Waals surface area contributed by atoms with Crippen LogP contribution < -0.4 is 21.2 Å². The van der Waals surface area contributed by atoms with Crippen LogP contribution in [0.5, 0.6) is 0 Å². The van der Waals surface area contributed by atoms with Crippen LogP contribution >= 0.6 is 0 Å². The smallest absolute Gasteiger partial charge is 0.358 e. The van der Waals surface area contributed by atoms with E-state index < -0.39 is 20.8 Å². The molecule has 4 rings (SSSR count). The third-order valence-electron chi connectivity index (χ3n) is 10.1. The fourth-order valence-electron chi connectivity index (χ4n) is 7.43. The van der Waals surface area contributed by atoms with Crippen LogP contribution in [-0.4, -0.2) is 24.0 Å². The maximum Gasteiger partial charge on any atom is 0.358 e. The molecule has 4 nitrogen and oxygen atoms in total. The number of fused-ring (bicyclic) bond motifs is 2. The molecule has 2 aliphatic carbocycles. The minimum atomic E-state index is -4.49. The first-order valence-corrected chi connectivity index (χ1v) is 19.6. The molecule has 44 heavy (non-hydrogen) atoms. The maximum absolute atomic E-state index is 12.0. The Hall–Kier alpha value is -1.25. The number of carbonyl (C=O) groups excluding carboxylic acids is 1. The molecule has 0 N–H and O–H groups in total. The molecule has 3 unspecified atom stereocenters. The summed E-state index contributed by atoms with van der Waals surface area (Å²) in [5, 5.41) is -1.30. The Labute approximate surface area is 279 Å². The van der Waals surface area contributed by atoms with Crippen LogP contribution in [0.1, 0.15) is 139 Å². The van der Waals surface area contributed by atoms with Crippen molar-refractivity contribution in [2.75, 3.05) is 0 Å². The van der Waals surface area contributed by atoms with E-state index in [-0.39, 0.29) is 60.0 Å². The average Bonchev–Trinajstić information content (AvgIpc) is 3.13. The lowest BCUT2D eigenvalue weighted by molar-refractivity contribution is -0.599. The Morgan fingerprint density at radius 2 is 1.09 bits per heavy atom. The van der Waals surface area contributed by atoms with Gasteiger partial charge in [-0.2, -0.15) is 0 Å². The van der Waals surface area contributed by atoms with E-state index in [9.17, 15) is 17.8 Å². The van der Waals surface area contributed by atoms with Crippen molar-refractivity contribution in [2.45, 2.75) is 144 Å². The molecule has 0 spiro atoms. The number of Topliss-reactive ketones (excluding diaryl/α,β-unsaturated/α-hetero) is 1. The van der Waals surface area contributed by atoms with E-state index in [0.717, 1.165) is 0 Å². The molecule has 2 saturated carbocycles. The molecular weight excluding hydrogens is 679 g/mol. The number of halogens is 1. The predicted molar refractivity (Wildman–Crippen MR) is 178 cm³/mol. The van der Waals surface area contributed by atoms with Gasteiger partial charge in [0.15, 0.2) is 12.9 Å². The van der Waals surface area contributed by atoms with E-state index in [1.165, 1.54) is 11.1 Å². The maximum atomic E-state index is 12.0. The van der Waals surface area contributed by atoms with E-state index in [2.05, 4.69) is 119 Å². The summed E-state index contributed by atoms with van der Waals surface area (Å²) in [6, 6.07) is 14.1. The van der Waals surface area contributed by atoms with Crippen LogP contribution in [0, 0.1) is 23.9 Å². The molecule has 2 aromatic carbocycles. The normalized spacial score (nSPS) is 23.9. The van der Waals surface area contributed by atoms with E-state index in [4.69, 9.17) is 0 Å². The summed E-state index contributed by atoms with van der Waals surface area (Å²) >= 11 is -0.277. The summed E-state index contributed by atoms with van der Waals surface area (Å²) in [7, 11) is -4.49. The quantitative estimate of drug-likeness (QED) is 0.290. The lowest BCUT2D eigenvalue weighted by Crippen LogP contribution is -3.62. The van der Waals surface area contributed by atoms with Crippen molar-refractivity contribution in [3.63, 3.8) is 0 Å². The molecule has 2 bridgehead atoms. The van der Waals surface area contributed by atoms with Gasteiger partial charge in [0, 0.05) is 16.5 Å². The van der Waals surface area contributed by atoms with Gasteiger partial charge in [-0.05, 0) is 69.1 Å². The molecule has 0 saturated heterocycles. The molecular formula is C38H57IO4S. The van der Waals surface area contributed by atoms with Crippen molar-refractivity contribution in [1.29, 1.82) is 0 Å². The molecule has 2 fully saturated rings. The summed E-state index contributed by atoms with van der Waals surface area (Å²) in [6.45, 7) is 33.9. The van der Waals surface area contributed by atoms with Crippen molar-refractivity contribution in [3.8, 4) is 0 Å². The number of hydrogen-bond donors (Lipinski definition) is 0. The molecule has 0 amide bonds. The monoisotopic (exact) mass is 736 g/mol. The second kappa shape index (κ2) is 11.8. The van der Waals surface area contributed by atoms with Crippen LogP contribution in [0.15, 0.2) is 36.4 Å². The van der Waals surface area contributed by atoms with Gasteiger partial charge in [-0.25, -0.2) is 8.42 Å². The molecule has 0 aliphatic heterocycles. The summed E-state index contributed by atoms with van der Waals surface area (Å²) in [4.78, 5) is 12.0. The zero-order chi connectivity index (χ0) is 34.1. The van der Waals surface area contributed by atoms with Gasteiger partial charge in [0.25, 0.3) is 0 Å². The lowest BCUT2D eigenvalue weighted by Gasteiger charge is -2.32. The zero-order valence-corrected chi connectivity index (χ0v) is 32.9. The van der Waals surface area contributed by atoms with Crippen molar-refractivity contribution in [3.05, 3.63) is 65.8 Å². The fourth-order valence-corrected chi connectivity index (χ4v) is 13.0. The first kappa shape index (κ1) is 37.2. The number of carbonyl (C=O) groups is 1. The molecule has 0 heterocycles. The first-order valence-electron chi connectivity index (χ1n) is 16.0. The van der Waals surface area contributed by atoms with Gasteiger partial charge in [0.1, 0.15) is 15.4 Å². The van der Waals surface area contributed by atoms with E-state index in [1.54, 1.807) is 25.2 Å². The van der Waals surface area contributed by atoms with Crippen LogP contribution in [0.4, 0.5) is 0 Å². The van der Waals surface area contributed by atoms with Gasteiger partial charge in [-0.1, -0.05) is 128 Å². The molecule has 2 aliphatic rings. The second-order valence-corrected chi connectivity index (χ2v) is 22.3. The minimum absolute atomic E-state index is 0.141. The molecule has 2 aromatic rings. The SMILES string of the molecule is CC(C)(C)c1cccc([I+]c2cccc(C(C)(C)C)c2C(C)(C)C)c1C(C)(C)C.CC12CCC(C(S(=O)(=O)[O-])C1=O)C2(C)C. The Bertz CT molecular complexity index is 1430. The van der Waals surface area contributed by atoms with Gasteiger partial charge >= 0.3 is 21.2 Å². The topological polar surface area (TPSA) is 74.3 Å². The summed E-state index contributed by atoms with van der Waals surface area (Å²) < 4.78 is 36.4. The van der Waals surface area contributed by atoms with Gasteiger partial charge in [0.05, 0.1) is 0 Å². The van der Waals surface area contributed by atoms with Crippen molar-refractivity contribution >= 4 is 15.9 Å². The number of hydrogen-bond acceptors (Lipinski definition) is 4. The Morgan fingerprint density at radius 3 is 1.34 bits per heavy atom. The van der Waals surface area contributed by atoms with Crippen molar-refractivity contribution < 1.29 is 39.0 Å². The average molecular weight is 737 g/mol. The predicted octanol–water partition coefficient (Wildman–Crippen LogP) is 5.93. The third-order valence-corrected chi connectivity index (χ3v) is 14.3. The van der Waals surface area contributed by atoms with Gasteiger partial charge in [-0.3, -0.25) is 4.79 Å². The zero-order valence-electron chi connectivity index (χ0n) is 30.0. The van der Waals surface area contributed by atoms with Crippen LogP contribution in [0.25, 0.3) is 0 Å². The number of rotatable bonds is 3. The van der Waals surface area contributed by atoms with Crippen molar-refractivity contribution in [2.24, 2.45) is 16.7 Å². The first-order chi connectivity index (χ1) is 19.6. The van der Waals surface area contributed by atoms with Crippen LogP contribution in [0.3, 0.4) is 0 Å². The molecule has 0 radical (unpaired) electrons. The van der Waals surface area contributed by atoms with Gasteiger partial charge < -0.3 is 4.55 Å². The number of benzene rings is 2. The Kier molecular flexibility index (Phi) is 9.95. The summed E-state index contributed by atoms with van der Waals surface area (Å²) in [5.74, 6) is -0.656. The molecule has 6 heteroatoms. The van der Waals surface area contributed by atoms with Crippen molar-refractivity contribution in [1.82, 2.24) is 0 Å². The highest BCUT2D eigenvalue weighted by atomic mass is 127. The summed E-state index contributed by atoms with van der Waals surface area (Å²) in [6.07, 6.45) is 1.37. The van der Waals surface area contributed by atoms with Crippen LogP contribution in [0.2, 0.25) is 0 Å². The largest absolute Gasteiger partial charge is 0.747 e. The summed E-state index contributed by atoms with van der Waals surface area (Å²) in [5.41, 5.74) is 5.75. The molecule has 0 aromatic heterocycles. The second-order valence-electron chi connectivity index (χ2n) is 17.9. The third kappa shape index (κ3) is 7.02. The highest BCUT2D eigenvalue weighted by molar-refractivity contribution is 7.87. The molecule has 3 atom stereocenters. The number of ketones is 1. The highest BCUT2D eigenvalue weighted by Crippen LogP contribution is 2.64. The highest BCUT2D eigenvalue weighted by Gasteiger charge is 2.67. The Balaban J connectivity index is 0.000000293. The molecule has 246 valence electrons. The fraction of sp³-hybridized carbons (Fsp3) is 0.658. The van der Waals surface area contributed by atoms with Crippen LogP contribution in [-0.2, 0) is 36.6 Å². The Morgan fingerprint density at radius 1 is 0.705 bits per heavy atom. The van der Waals surface area contributed by atoms with E-state index in [0.29, 0.717) is 12.8 Å². The van der Waals surface area contributed by atoms with E-state index in [1.807, 2.05) is 13.8 Å². The standard InChI is InChI=1S/C28H42I.C10H16O4S/c1-25(2,3)19-15-13-17-21(23(19)27(7,8)9)29-22-18-14-16-20(26(4,5)6)24(22)28(10,11)12;1-9(2)6-4-5-10(9,3)8(11)7(6)15(12,13)14/h13-18H,1-12H3;6-7H,4-5H2,1-3H3,(H,12,13,14)/q+1;/p-1. The minimum Gasteiger partial charge on any atom is -0.747 e. The van der Waals surface area contributed by atoms with Gasteiger partial charge in [0.2, 0.25) is 0 Å². The van der Waals surface area contributed by atoms with Gasteiger partial charge in [-0.15, -0.1) is 0 Å². The van der Waals surface area contributed by atoms with E-state index >= 15 is 0 Å². The lowest BCUT2D eigenvalue weighted by atomic mass is 9.70.